The first-order valence-electron chi connectivity index (χ1n) is 8.77. The first kappa shape index (κ1) is 14.3. The molecule has 0 aromatic heterocycles. The fraction of sp³-hybridized carbons (Fsp3) is 0.444. The molecule has 1 aromatic carbocycles. The summed E-state index contributed by atoms with van der Waals surface area (Å²) in [7, 11) is 0. The number of phenols is 2. The summed E-state index contributed by atoms with van der Waals surface area (Å²) in [5.74, 6) is -2.08. The Morgan fingerprint density at radius 3 is 2.74 bits per heavy atom. The normalized spacial score (nSPS) is 23.1. The highest BCUT2D eigenvalue weighted by Gasteiger charge is 2.20. The standard InChI is InChI=1S/C18H22O5/c1-12-6-5-9-14(19)8-4-2-3-7-13-10-15(20)11-16(21)17(13)18(22)23-12/h3,7,10-12,20-21H,2,4-6,8-9H2,1H3/b7-3+/t12-/m0/s1/i10D,11D. The Bertz CT molecular complexity index is 712. The summed E-state index contributed by atoms with van der Waals surface area (Å²) in [4.78, 5) is 24.2. The van der Waals surface area contributed by atoms with Gasteiger partial charge in [0.05, 0.1) is 8.85 Å². The van der Waals surface area contributed by atoms with Crippen molar-refractivity contribution in [2.45, 2.75) is 51.6 Å². The first-order chi connectivity index (χ1) is 11.8. The van der Waals surface area contributed by atoms with Crippen molar-refractivity contribution in [2.24, 2.45) is 0 Å². The van der Waals surface area contributed by atoms with Gasteiger partial charge >= 0.3 is 5.97 Å². The van der Waals surface area contributed by atoms with Crippen molar-refractivity contribution in [3.05, 3.63) is 29.3 Å². The summed E-state index contributed by atoms with van der Waals surface area (Å²) < 4.78 is 20.9. The molecule has 0 aliphatic carbocycles. The maximum absolute atomic E-state index is 12.5. The average Bonchev–Trinajstić information content (AvgIpc) is 2.56. The van der Waals surface area contributed by atoms with Crippen molar-refractivity contribution in [3.8, 4) is 11.5 Å². The van der Waals surface area contributed by atoms with Gasteiger partial charge in [0.1, 0.15) is 22.8 Å². The smallest absolute Gasteiger partial charge is 0.342 e. The summed E-state index contributed by atoms with van der Waals surface area (Å²) in [5, 5.41) is 20.0. The molecule has 0 saturated heterocycles. The molecule has 5 heteroatoms. The van der Waals surface area contributed by atoms with Gasteiger partial charge in [-0.25, -0.2) is 4.79 Å². The summed E-state index contributed by atoms with van der Waals surface area (Å²) in [5.41, 5.74) is -0.282. The number of Topliss-reactive ketones (excluding diaryl/α,β-unsaturated/α-hetero) is 1. The molecule has 0 saturated carbocycles. The number of ketones is 1. The van der Waals surface area contributed by atoms with Gasteiger partial charge < -0.3 is 14.9 Å². The van der Waals surface area contributed by atoms with E-state index >= 15 is 0 Å². The second kappa shape index (κ2) is 7.81. The van der Waals surface area contributed by atoms with Crippen molar-refractivity contribution in [3.63, 3.8) is 0 Å². The minimum absolute atomic E-state index is 0.00610. The molecule has 1 heterocycles. The third-order valence-electron chi connectivity index (χ3n) is 3.69. The van der Waals surface area contributed by atoms with Gasteiger partial charge in [0.2, 0.25) is 0 Å². The molecular weight excluding hydrogens is 296 g/mol. The maximum atomic E-state index is 12.5. The topological polar surface area (TPSA) is 83.8 Å². The molecule has 2 rings (SSSR count). The van der Waals surface area contributed by atoms with E-state index < -0.39 is 35.7 Å². The number of carbonyl (C=O) groups is 2. The van der Waals surface area contributed by atoms with E-state index in [1.54, 1.807) is 13.0 Å². The Labute approximate surface area is 138 Å². The number of benzene rings is 1. The lowest BCUT2D eigenvalue weighted by molar-refractivity contribution is -0.119. The minimum Gasteiger partial charge on any atom is -0.508 e. The van der Waals surface area contributed by atoms with Gasteiger partial charge in [0.25, 0.3) is 0 Å². The Morgan fingerprint density at radius 2 is 1.96 bits per heavy atom. The van der Waals surface area contributed by atoms with Crippen LogP contribution in [-0.2, 0) is 9.53 Å². The van der Waals surface area contributed by atoms with Crippen LogP contribution in [0.1, 0.15) is 64.1 Å². The number of cyclic esters (lactones) is 1. The first-order valence-corrected chi connectivity index (χ1v) is 7.77. The lowest BCUT2D eigenvalue weighted by atomic mass is 10.0. The lowest BCUT2D eigenvalue weighted by Gasteiger charge is -2.15. The van der Waals surface area contributed by atoms with Crippen molar-refractivity contribution in [1.82, 2.24) is 0 Å². The Balaban J connectivity index is 2.47. The van der Waals surface area contributed by atoms with Crippen LogP contribution in [0.25, 0.3) is 6.08 Å². The number of fused-ring (bicyclic) bond motifs is 1. The highest BCUT2D eigenvalue weighted by molar-refractivity contribution is 5.97. The van der Waals surface area contributed by atoms with Crippen molar-refractivity contribution in [2.75, 3.05) is 0 Å². The number of phenolic OH excluding ortho intramolecular Hbond substituents is 2. The van der Waals surface area contributed by atoms with Crippen LogP contribution in [0.3, 0.4) is 0 Å². The van der Waals surface area contributed by atoms with Crippen LogP contribution < -0.4 is 0 Å². The van der Waals surface area contributed by atoms with E-state index in [4.69, 9.17) is 7.48 Å². The molecule has 1 aliphatic heterocycles. The van der Waals surface area contributed by atoms with Crippen molar-refractivity contribution < 1.29 is 27.3 Å². The third-order valence-corrected chi connectivity index (χ3v) is 3.69. The molecule has 0 amide bonds. The van der Waals surface area contributed by atoms with E-state index in [1.807, 2.05) is 0 Å². The van der Waals surface area contributed by atoms with Crippen LogP contribution in [0.5, 0.6) is 11.5 Å². The number of hydrogen-bond acceptors (Lipinski definition) is 5. The molecule has 0 fully saturated rings. The van der Waals surface area contributed by atoms with E-state index in [1.165, 1.54) is 6.08 Å². The molecule has 0 radical (unpaired) electrons. The lowest BCUT2D eigenvalue weighted by Crippen LogP contribution is -2.16. The van der Waals surface area contributed by atoms with Crippen LogP contribution in [0.15, 0.2) is 18.2 Å². The van der Waals surface area contributed by atoms with Gasteiger partial charge in [0, 0.05) is 18.9 Å². The summed E-state index contributed by atoms with van der Waals surface area (Å²) in [6, 6.07) is -1.09. The zero-order chi connectivity index (χ0) is 18.6. The number of carbonyl (C=O) groups excluding carboxylic acids is 2. The Kier molecular flexibility index (Phi) is 4.86. The molecule has 23 heavy (non-hydrogen) atoms. The maximum Gasteiger partial charge on any atom is 0.342 e. The number of ether oxygens (including phenoxy) is 1. The average molecular weight is 320 g/mol. The van der Waals surface area contributed by atoms with Crippen LogP contribution >= 0.6 is 0 Å². The second-order valence-electron chi connectivity index (χ2n) is 5.68. The quantitative estimate of drug-likeness (QED) is 0.714. The monoisotopic (exact) mass is 320 g/mol. The molecule has 1 aromatic rings. The van der Waals surface area contributed by atoms with Crippen LogP contribution in [0.2, 0.25) is 0 Å². The molecule has 0 bridgehead atoms. The number of esters is 1. The van der Waals surface area contributed by atoms with E-state index in [9.17, 15) is 19.8 Å². The van der Waals surface area contributed by atoms with Gasteiger partial charge in [-0.3, -0.25) is 4.79 Å². The van der Waals surface area contributed by atoms with Gasteiger partial charge in [-0.05, 0) is 44.2 Å². The molecule has 1 aliphatic rings. The molecule has 1 atom stereocenters. The third kappa shape index (κ3) is 4.84. The highest BCUT2D eigenvalue weighted by Crippen LogP contribution is 2.29. The number of aromatic hydroxyl groups is 2. The highest BCUT2D eigenvalue weighted by atomic mass is 16.5. The number of hydrogen-bond donors (Lipinski definition) is 2. The number of allylic oxidation sites excluding steroid dienone is 1. The Morgan fingerprint density at radius 1 is 1.22 bits per heavy atom. The summed E-state index contributed by atoms with van der Waals surface area (Å²) in [6.45, 7) is 1.68. The molecule has 5 nitrogen and oxygen atoms in total. The zero-order valence-electron chi connectivity index (χ0n) is 15.1. The van der Waals surface area contributed by atoms with Gasteiger partial charge in [-0.15, -0.1) is 0 Å². The van der Waals surface area contributed by atoms with Crippen LogP contribution in [0, 0.1) is 0 Å². The molecule has 2 N–H and O–H groups in total. The van der Waals surface area contributed by atoms with Gasteiger partial charge in [0.15, 0.2) is 0 Å². The van der Waals surface area contributed by atoms with E-state index in [-0.39, 0.29) is 16.9 Å². The van der Waals surface area contributed by atoms with Crippen LogP contribution in [0.4, 0.5) is 0 Å². The molecular formula is C18H22O5. The van der Waals surface area contributed by atoms with E-state index in [0.29, 0.717) is 38.5 Å². The van der Waals surface area contributed by atoms with Crippen molar-refractivity contribution >= 4 is 17.8 Å². The Hall–Kier alpha value is -2.30. The predicted octanol–water partition coefficient (Wildman–Crippen LogP) is 3.58. The van der Waals surface area contributed by atoms with Gasteiger partial charge in [-0.2, -0.15) is 0 Å². The van der Waals surface area contributed by atoms with Crippen molar-refractivity contribution in [1.29, 1.82) is 0 Å². The molecule has 0 unspecified atom stereocenters. The second-order valence-corrected chi connectivity index (χ2v) is 5.68. The molecule has 124 valence electrons. The largest absolute Gasteiger partial charge is 0.508 e. The fourth-order valence-electron chi connectivity index (χ4n) is 2.49. The predicted molar refractivity (Wildman–Crippen MR) is 86.4 cm³/mol. The van der Waals surface area contributed by atoms with E-state index in [2.05, 4.69) is 0 Å². The minimum atomic E-state index is -0.852. The number of rotatable bonds is 0. The van der Waals surface area contributed by atoms with E-state index in [0.717, 1.165) is 0 Å². The summed E-state index contributed by atoms with van der Waals surface area (Å²) >= 11 is 0. The summed E-state index contributed by atoms with van der Waals surface area (Å²) in [6.07, 6.45) is 5.85. The zero-order valence-corrected chi connectivity index (χ0v) is 13.1. The van der Waals surface area contributed by atoms with Crippen LogP contribution in [-0.4, -0.2) is 28.1 Å². The fourth-order valence-corrected chi connectivity index (χ4v) is 2.49. The molecule has 0 spiro atoms. The van der Waals surface area contributed by atoms with Gasteiger partial charge in [-0.1, -0.05) is 12.2 Å². The SMILES string of the molecule is [2H]c1c(O)c([2H])c2c(c1O)C(=O)O[C@@H](C)CCCC(=O)CCC/C=C/2.